The third-order valence-corrected chi connectivity index (χ3v) is 2.73. The van der Waals surface area contributed by atoms with Crippen LogP contribution in [0.5, 0.6) is 0 Å². The number of nitrogens with one attached hydrogen (secondary N) is 1. The van der Waals surface area contributed by atoms with E-state index in [1.165, 1.54) is 19.4 Å². The summed E-state index contributed by atoms with van der Waals surface area (Å²) in [6.45, 7) is 7.84. The van der Waals surface area contributed by atoms with E-state index in [0.717, 1.165) is 13.1 Å². The average molecular weight is 186 g/mol. The summed E-state index contributed by atoms with van der Waals surface area (Å²) in [6.07, 6.45) is 2.53. The third kappa shape index (κ3) is 3.63. The largest absolute Gasteiger partial charge is 0.395 e. The van der Waals surface area contributed by atoms with Crippen molar-refractivity contribution in [3.8, 4) is 0 Å². The summed E-state index contributed by atoms with van der Waals surface area (Å²) in [5, 5.41) is 12.1. The van der Waals surface area contributed by atoms with E-state index >= 15 is 0 Å². The molecule has 1 heterocycles. The van der Waals surface area contributed by atoms with E-state index in [9.17, 15) is 0 Å². The molecule has 78 valence electrons. The molecule has 0 amide bonds. The van der Waals surface area contributed by atoms with Crippen LogP contribution in [0, 0.1) is 0 Å². The summed E-state index contributed by atoms with van der Waals surface area (Å²) in [6, 6.07) is 1.24. The lowest BCUT2D eigenvalue weighted by molar-refractivity contribution is 0.150. The number of piperidine rings is 1. The van der Waals surface area contributed by atoms with Gasteiger partial charge in [0.1, 0.15) is 0 Å². The first-order valence-corrected chi connectivity index (χ1v) is 5.32. The highest BCUT2D eigenvalue weighted by molar-refractivity contribution is 4.79. The topological polar surface area (TPSA) is 35.5 Å². The summed E-state index contributed by atoms with van der Waals surface area (Å²) >= 11 is 0. The van der Waals surface area contributed by atoms with E-state index < -0.39 is 0 Å². The Morgan fingerprint density at radius 2 is 2.31 bits per heavy atom. The fraction of sp³-hybridized carbons (Fsp3) is 1.00. The molecular formula is C10H22N2O. The maximum absolute atomic E-state index is 8.70. The Morgan fingerprint density at radius 3 is 2.92 bits per heavy atom. The zero-order chi connectivity index (χ0) is 9.68. The second-order valence-corrected chi connectivity index (χ2v) is 4.11. The van der Waals surface area contributed by atoms with Crippen molar-refractivity contribution in [2.45, 2.75) is 38.8 Å². The molecule has 0 aromatic rings. The number of aliphatic hydroxyl groups excluding tert-OH is 1. The van der Waals surface area contributed by atoms with Gasteiger partial charge in [-0.3, -0.25) is 4.90 Å². The fourth-order valence-electron chi connectivity index (χ4n) is 1.91. The van der Waals surface area contributed by atoms with Crippen molar-refractivity contribution in [1.82, 2.24) is 10.2 Å². The van der Waals surface area contributed by atoms with Crippen molar-refractivity contribution < 1.29 is 5.11 Å². The quantitative estimate of drug-likeness (QED) is 0.669. The number of nitrogens with zero attached hydrogens (tertiary/aromatic N) is 1. The van der Waals surface area contributed by atoms with Crippen LogP contribution in [-0.2, 0) is 0 Å². The normalized spacial score (nSPS) is 25.4. The van der Waals surface area contributed by atoms with Gasteiger partial charge in [-0.1, -0.05) is 0 Å². The van der Waals surface area contributed by atoms with E-state index in [1.54, 1.807) is 0 Å². The molecule has 0 radical (unpaired) electrons. The molecule has 1 fully saturated rings. The Hall–Kier alpha value is -0.120. The second kappa shape index (κ2) is 5.58. The number of likely N-dealkylation sites (tertiary alicyclic amines) is 1. The lowest BCUT2D eigenvalue weighted by Crippen LogP contribution is -2.48. The van der Waals surface area contributed by atoms with Crippen LogP contribution in [0.25, 0.3) is 0 Å². The van der Waals surface area contributed by atoms with Crippen molar-refractivity contribution in [3.63, 3.8) is 0 Å². The van der Waals surface area contributed by atoms with E-state index in [2.05, 4.69) is 24.1 Å². The molecular weight excluding hydrogens is 164 g/mol. The van der Waals surface area contributed by atoms with Crippen molar-refractivity contribution in [2.75, 3.05) is 26.2 Å². The smallest absolute Gasteiger partial charge is 0.0556 e. The minimum Gasteiger partial charge on any atom is -0.395 e. The van der Waals surface area contributed by atoms with Gasteiger partial charge in [-0.15, -0.1) is 0 Å². The van der Waals surface area contributed by atoms with E-state index in [0.29, 0.717) is 12.1 Å². The molecule has 0 saturated carbocycles. The summed E-state index contributed by atoms with van der Waals surface area (Å²) in [5.41, 5.74) is 0. The van der Waals surface area contributed by atoms with Crippen LogP contribution in [0.2, 0.25) is 0 Å². The van der Waals surface area contributed by atoms with Crippen LogP contribution in [0.15, 0.2) is 0 Å². The third-order valence-electron chi connectivity index (χ3n) is 2.73. The van der Waals surface area contributed by atoms with E-state index in [-0.39, 0.29) is 6.61 Å². The Kier molecular flexibility index (Phi) is 4.70. The highest BCUT2D eigenvalue weighted by atomic mass is 16.3. The Morgan fingerprint density at radius 1 is 1.54 bits per heavy atom. The minimum absolute atomic E-state index is 0.248. The first-order chi connectivity index (χ1) is 6.24. The molecule has 0 aromatic carbocycles. The van der Waals surface area contributed by atoms with Gasteiger partial charge in [-0.25, -0.2) is 0 Å². The van der Waals surface area contributed by atoms with Gasteiger partial charge in [0.25, 0.3) is 0 Å². The van der Waals surface area contributed by atoms with Crippen LogP contribution in [0.4, 0.5) is 0 Å². The maximum Gasteiger partial charge on any atom is 0.0556 e. The zero-order valence-electron chi connectivity index (χ0n) is 8.79. The maximum atomic E-state index is 8.70. The molecule has 1 saturated heterocycles. The molecule has 3 nitrogen and oxygen atoms in total. The number of rotatable bonds is 4. The number of hydrogen-bond donors (Lipinski definition) is 2. The highest BCUT2D eigenvalue weighted by Crippen LogP contribution is 2.12. The second-order valence-electron chi connectivity index (χ2n) is 4.11. The Balaban J connectivity index is 2.25. The standard InChI is InChI=1S/C10H22N2O/c1-9(2)12-6-3-4-10(8-12)11-5-7-13/h9-11,13H,3-8H2,1-2H3. The lowest BCUT2D eigenvalue weighted by Gasteiger charge is -2.35. The summed E-state index contributed by atoms with van der Waals surface area (Å²) in [5.74, 6) is 0. The predicted molar refractivity (Wildman–Crippen MR) is 54.8 cm³/mol. The van der Waals surface area contributed by atoms with E-state index in [1.807, 2.05) is 0 Å². The highest BCUT2D eigenvalue weighted by Gasteiger charge is 2.20. The molecule has 1 aliphatic heterocycles. The number of hydrogen-bond acceptors (Lipinski definition) is 3. The zero-order valence-corrected chi connectivity index (χ0v) is 8.79. The molecule has 13 heavy (non-hydrogen) atoms. The van der Waals surface area contributed by atoms with Gasteiger partial charge in [-0.2, -0.15) is 0 Å². The molecule has 1 aliphatic rings. The fourth-order valence-corrected chi connectivity index (χ4v) is 1.91. The van der Waals surface area contributed by atoms with Gasteiger partial charge < -0.3 is 10.4 Å². The average Bonchev–Trinajstić information content (AvgIpc) is 2.15. The molecule has 1 rings (SSSR count). The molecule has 2 N–H and O–H groups in total. The minimum atomic E-state index is 0.248. The monoisotopic (exact) mass is 186 g/mol. The summed E-state index contributed by atoms with van der Waals surface area (Å²) < 4.78 is 0. The van der Waals surface area contributed by atoms with Crippen molar-refractivity contribution in [2.24, 2.45) is 0 Å². The van der Waals surface area contributed by atoms with Crippen LogP contribution < -0.4 is 5.32 Å². The Bertz CT molecular complexity index is 139. The first-order valence-electron chi connectivity index (χ1n) is 5.32. The lowest BCUT2D eigenvalue weighted by atomic mass is 10.0. The van der Waals surface area contributed by atoms with Gasteiger partial charge in [-0.05, 0) is 33.2 Å². The van der Waals surface area contributed by atoms with Crippen LogP contribution in [-0.4, -0.2) is 48.3 Å². The molecule has 0 bridgehead atoms. The molecule has 0 spiro atoms. The van der Waals surface area contributed by atoms with Crippen molar-refractivity contribution in [3.05, 3.63) is 0 Å². The molecule has 3 heteroatoms. The molecule has 0 aliphatic carbocycles. The van der Waals surface area contributed by atoms with Crippen LogP contribution in [0.1, 0.15) is 26.7 Å². The molecule has 0 aromatic heterocycles. The van der Waals surface area contributed by atoms with Crippen molar-refractivity contribution >= 4 is 0 Å². The van der Waals surface area contributed by atoms with E-state index in [4.69, 9.17) is 5.11 Å². The summed E-state index contributed by atoms with van der Waals surface area (Å²) in [7, 11) is 0. The molecule has 1 atom stereocenters. The van der Waals surface area contributed by atoms with Gasteiger partial charge >= 0.3 is 0 Å². The van der Waals surface area contributed by atoms with Gasteiger partial charge in [0, 0.05) is 25.2 Å². The Labute approximate surface area is 81.1 Å². The first kappa shape index (κ1) is 11.0. The molecule has 1 unspecified atom stereocenters. The SMILES string of the molecule is CC(C)N1CCCC(NCCO)C1. The van der Waals surface area contributed by atoms with Gasteiger partial charge in [0.15, 0.2) is 0 Å². The number of aliphatic hydroxyl groups is 1. The van der Waals surface area contributed by atoms with Gasteiger partial charge in [0.05, 0.1) is 6.61 Å². The predicted octanol–water partition coefficient (Wildman–Crippen LogP) is 0.441. The van der Waals surface area contributed by atoms with Crippen LogP contribution >= 0.6 is 0 Å². The van der Waals surface area contributed by atoms with Crippen LogP contribution in [0.3, 0.4) is 0 Å². The van der Waals surface area contributed by atoms with Gasteiger partial charge in [0.2, 0.25) is 0 Å². The van der Waals surface area contributed by atoms with Crippen molar-refractivity contribution in [1.29, 1.82) is 0 Å². The summed E-state index contributed by atoms with van der Waals surface area (Å²) in [4.78, 5) is 2.50.